The van der Waals surface area contributed by atoms with E-state index < -0.39 is 0 Å². The van der Waals surface area contributed by atoms with Crippen molar-refractivity contribution in [1.29, 1.82) is 0 Å². The fraction of sp³-hybridized carbons (Fsp3) is 0.261. The summed E-state index contributed by atoms with van der Waals surface area (Å²) in [4.78, 5) is 15.0. The highest BCUT2D eigenvalue weighted by Gasteiger charge is 2.34. The van der Waals surface area contributed by atoms with E-state index in [9.17, 15) is 4.79 Å². The number of nitrogens with zero attached hydrogens (tertiary/aromatic N) is 2. The number of ether oxygens (including phenoxy) is 2. The summed E-state index contributed by atoms with van der Waals surface area (Å²) in [6.07, 6.45) is 2.05. The zero-order valence-electron chi connectivity index (χ0n) is 16.7. The summed E-state index contributed by atoms with van der Waals surface area (Å²) >= 11 is 0. The smallest absolute Gasteiger partial charge is 0.318 e. The van der Waals surface area contributed by atoms with Crippen LogP contribution < -0.4 is 14.8 Å². The summed E-state index contributed by atoms with van der Waals surface area (Å²) in [5.41, 5.74) is 3.07. The lowest BCUT2D eigenvalue weighted by Gasteiger charge is -2.37. The Balaban J connectivity index is 1.65. The van der Waals surface area contributed by atoms with Gasteiger partial charge in [0.05, 0.1) is 14.2 Å². The first kappa shape index (κ1) is 18.9. The molecule has 0 radical (unpaired) electrons. The molecule has 150 valence electrons. The van der Waals surface area contributed by atoms with Gasteiger partial charge in [0.1, 0.15) is 17.5 Å². The second-order valence-electron chi connectivity index (χ2n) is 6.97. The molecule has 0 spiro atoms. The minimum Gasteiger partial charge on any atom is -0.497 e. The third-order valence-electron chi connectivity index (χ3n) is 5.32. The number of nitrogens with one attached hydrogen (secondary N) is 1. The van der Waals surface area contributed by atoms with Gasteiger partial charge in [0, 0.05) is 43.2 Å². The van der Waals surface area contributed by atoms with Gasteiger partial charge in [-0.05, 0) is 29.8 Å². The van der Waals surface area contributed by atoms with Gasteiger partial charge < -0.3 is 24.3 Å². The number of benzene rings is 2. The molecule has 1 aliphatic heterocycles. The van der Waals surface area contributed by atoms with Gasteiger partial charge in [0.2, 0.25) is 0 Å². The van der Waals surface area contributed by atoms with Crippen LogP contribution in [0.15, 0.2) is 66.9 Å². The van der Waals surface area contributed by atoms with E-state index in [1.165, 1.54) is 0 Å². The zero-order valence-corrected chi connectivity index (χ0v) is 16.7. The van der Waals surface area contributed by atoms with Crippen LogP contribution in [-0.2, 0) is 13.1 Å². The number of hydrogen-bond acceptors (Lipinski definition) is 3. The van der Waals surface area contributed by atoms with E-state index in [-0.39, 0.29) is 12.1 Å². The second-order valence-corrected chi connectivity index (χ2v) is 6.97. The third kappa shape index (κ3) is 3.78. The molecular formula is C23H25N3O3. The number of hydrogen-bond donors (Lipinski definition) is 1. The summed E-state index contributed by atoms with van der Waals surface area (Å²) in [6, 6.07) is 19.4. The predicted molar refractivity (Wildman–Crippen MR) is 111 cm³/mol. The lowest BCUT2D eigenvalue weighted by atomic mass is 9.99. The fourth-order valence-electron chi connectivity index (χ4n) is 3.85. The maximum absolute atomic E-state index is 13.1. The Bertz CT molecular complexity index is 984. The molecule has 0 saturated carbocycles. The van der Waals surface area contributed by atoms with Gasteiger partial charge in [-0.1, -0.05) is 30.3 Å². The van der Waals surface area contributed by atoms with Gasteiger partial charge in [-0.25, -0.2) is 4.79 Å². The van der Waals surface area contributed by atoms with Crippen LogP contribution in [0.25, 0.3) is 0 Å². The number of fused-ring (bicyclic) bond motifs is 1. The van der Waals surface area contributed by atoms with E-state index in [2.05, 4.69) is 22.1 Å². The molecule has 2 heterocycles. The first-order valence-corrected chi connectivity index (χ1v) is 9.66. The molecule has 2 aromatic carbocycles. The summed E-state index contributed by atoms with van der Waals surface area (Å²) in [6.45, 7) is 1.86. The Labute approximate surface area is 170 Å². The summed E-state index contributed by atoms with van der Waals surface area (Å²) in [5, 5.41) is 3.06. The number of rotatable bonds is 5. The number of urea groups is 1. The number of carbonyl (C=O) groups excluding carboxylic acids is 1. The molecule has 29 heavy (non-hydrogen) atoms. The lowest BCUT2D eigenvalue weighted by molar-refractivity contribution is 0.167. The monoisotopic (exact) mass is 391 g/mol. The quantitative estimate of drug-likeness (QED) is 0.719. The van der Waals surface area contributed by atoms with Gasteiger partial charge in [-0.15, -0.1) is 0 Å². The standard InChI is InChI=1S/C23H25N3O3/c1-28-18-10-11-19(21(15-18)29-2)22-20-9-6-12-25(20)13-14-26(22)23(27)24-16-17-7-4-3-5-8-17/h3-12,15,22H,13-14,16H2,1-2H3,(H,24,27). The molecule has 0 bridgehead atoms. The highest BCUT2D eigenvalue weighted by molar-refractivity contribution is 5.75. The highest BCUT2D eigenvalue weighted by Crippen LogP contribution is 2.38. The Kier molecular flexibility index (Phi) is 5.42. The Morgan fingerprint density at radius 3 is 2.62 bits per heavy atom. The minimum absolute atomic E-state index is 0.0934. The molecule has 3 aromatic rings. The fourth-order valence-corrected chi connectivity index (χ4v) is 3.85. The zero-order chi connectivity index (χ0) is 20.2. The van der Waals surface area contributed by atoms with Crippen molar-refractivity contribution in [2.24, 2.45) is 0 Å². The van der Waals surface area contributed by atoms with Crippen molar-refractivity contribution >= 4 is 6.03 Å². The number of carbonyl (C=O) groups is 1. The van der Waals surface area contributed by atoms with Crippen LogP contribution in [0.3, 0.4) is 0 Å². The van der Waals surface area contributed by atoms with Crippen LogP contribution in [0.2, 0.25) is 0 Å². The molecule has 1 unspecified atom stereocenters. The van der Waals surface area contributed by atoms with Crippen LogP contribution in [0.4, 0.5) is 4.79 Å². The topological polar surface area (TPSA) is 55.7 Å². The van der Waals surface area contributed by atoms with Crippen molar-refractivity contribution < 1.29 is 14.3 Å². The van der Waals surface area contributed by atoms with Gasteiger partial charge >= 0.3 is 6.03 Å². The minimum atomic E-state index is -0.240. The second kappa shape index (κ2) is 8.31. The molecule has 0 saturated heterocycles. The summed E-state index contributed by atoms with van der Waals surface area (Å²) in [5.74, 6) is 1.42. The molecule has 0 fully saturated rings. The Morgan fingerprint density at radius 1 is 1.03 bits per heavy atom. The van der Waals surface area contributed by atoms with Crippen molar-refractivity contribution in [3.8, 4) is 11.5 Å². The third-order valence-corrected chi connectivity index (χ3v) is 5.32. The van der Waals surface area contributed by atoms with Crippen molar-refractivity contribution in [2.75, 3.05) is 20.8 Å². The normalized spacial score (nSPS) is 15.5. The number of amides is 2. The van der Waals surface area contributed by atoms with E-state index in [0.717, 1.165) is 29.1 Å². The van der Waals surface area contributed by atoms with Crippen molar-refractivity contribution in [1.82, 2.24) is 14.8 Å². The number of aromatic nitrogens is 1. The molecule has 1 N–H and O–H groups in total. The van der Waals surface area contributed by atoms with Crippen molar-refractivity contribution in [3.05, 3.63) is 83.7 Å². The average molecular weight is 391 g/mol. The van der Waals surface area contributed by atoms with Crippen LogP contribution in [-0.4, -0.2) is 36.3 Å². The maximum Gasteiger partial charge on any atom is 0.318 e. The highest BCUT2D eigenvalue weighted by atomic mass is 16.5. The van der Waals surface area contributed by atoms with Crippen LogP contribution >= 0.6 is 0 Å². The van der Waals surface area contributed by atoms with E-state index in [1.807, 2.05) is 59.5 Å². The Morgan fingerprint density at radius 2 is 1.86 bits per heavy atom. The van der Waals surface area contributed by atoms with Gasteiger partial charge in [-0.2, -0.15) is 0 Å². The molecule has 0 aliphatic carbocycles. The molecule has 1 atom stereocenters. The van der Waals surface area contributed by atoms with Crippen LogP contribution in [0.1, 0.15) is 22.9 Å². The van der Waals surface area contributed by atoms with Gasteiger partial charge in [-0.3, -0.25) is 0 Å². The molecular weight excluding hydrogens is 366 g/mol. The van der Waals surface area contributed by atoms with Crippen LogP contribution in [0, 0.1) is 0 Å². The maximum atomic E-state index is 13.1. The van der Waals surface area contributed by atoms with Gasteiger partial charge in [0.15, 0.2) is 0 Å². The van der Waals surface area contributed by atoms with E-state index in [1.54, 1.807) is 14.2 Å². The predicted octanol–water partition coefficient (Wildman–Crippen LogP) is 3.82. The molecule has 1 aliphatic rings. The first-order chi connectivity index (χ1) is 14.2. The van der Waals surface area contributed by atoms with Gasteiger partial charge in [0.25, 0.3) is 0 Å². The van der Waals surface area contributed by atoms with Crippen LogP contribution in [0.5, 0.6) is 11.5 Å². The Hall–Kier alpha value is -3.41. The summed E-state index contributed by atoms with van der Waals surface area (Å²) in [7, 11) is 3.27. The lowest BCUT2D eigenvalue weighted by Crippen LogP contribution is -2.47. The summed E-state index contributed by atoms with van der Waals surface area (Å²) < 4.78 is 13.2. The SMILES string of the molecule is COc1ccc(C2c3cccn3CCN2C(=O)NCc2ccccc2)c(OC)c1. The average Bonchev–Trinajstić information content (AvgIpc) is 3.26. The molecule has 2 amide bonds. The molecule has 4 rings (SSSR count). The first-order valence-electron chi connectivity index (χ1n) is 9.66. The van der Waals surface area contributed by atoms with Crippen molar-refractivity contribution in [3.63, 3.8) is 0 Å². The number of methoxy groups -OCH3 is 2. The molecule has 6 nitrogen and oxygen atoms in total. The largest absolute Gasteiger partial charge is 0.497 e. The molecule has 1 aromatic heterocycles. The van der Waals surface area contributed by atoms with Crippen molar-refractivity contribution in [2.45, 2.75) is 19.1 Å². The van der Waals surface area contributed by atoms with E-state index >= 15 is 0 Å². The van der Waals surface area contributed by atoms with E-state index in [0.29, 0.717) is 18.8 Å². The van der Waals surface area contributed by atoms with E-state index in [4.69, 9.17) is 9.47 Å². The molecule has 6 heteroatoms.